The molecule has 0 amide bonds. The van der Waals surface area contributed by atoms with E-state index >= 15 is 0 Å². The van der Waals surface area contributed by atoms with Crippen molar-refractivity contribution in [1.29, 1.82) is 0 Å². The average Bonchev–Trinajstić information content (AvgIpc) is 2.61. The molecule has 0 heteroatoms. The highest BCUT2D eigenvalue weighted by molar-refractivity contribution is 5.43. The van der Waals surface area contributed by atoms with Crippen LogP contribution in [-0.4, -0.2) is 0 Å². The Balaban J connectivity index is 1.91. The number of rotatable bonds is 0. The minimum Gasteiger partial charge on any atom is -0.0839 e. The van der Waals surface area contributed by atoms with E-state index < -0.39 is 0 Å². The van der Waals surface area contributed by atoms with Crippen molar-refractivity contribution in [2.24, 2.45) is 0 Å². The summed E-state index contributed by atoms with van der Waals surface area (Å²) in [6.45, 7) is 0. The first-order valence-corrected chi connectivity index (χ1v) is 5.51. The summed E-state index contributed by atoms with van der Waals surface area (Å²) in [5.74, 6) is 0. The van der Waals surface area contributed by atoms with Gasteiger partial charge in [-0.2, -0.15) is 0 Å². The molecule has 3 aliphatic carbocycles. The summed E-state index contributed by atoms with van der Waals surface area (Å²) in [4.78, 5) is 0. The third kappa shape index (κ3) is 1.20. The van der Waals surface area contributed by atoms with Crippen LogP contribution in [0, 0.1) is 0 Å². The van der Waals surface area contributed by atoms with E-state index in [0.29, 0.717) is 0 Å². The summed E-state index contributed by atoms with van der Waals surface area (Å²) in [5, 5.41) is 0. The molecule has 0 N–H and O–H groups in total. The average molecular weight is 172 g/mol. The summed E-state index contributed by atoms with van der Waals surface area (Å²) in [6, 6.07) is 0. The van der Waals surface area contributed by atoms with Gasteiger partial charge >= 0.3 is 0 Å². The number of allylic oxidation sites excluding steroid dienone is 6. The smallest absolute Gasteiger partial charge is 0.00648 e. The molecule has 68 valence electrons. The molecule has 0 aromatic carbocycles. The van der Waals surface area contributed by atoms with Crippen LogP contribution < -0.4 is 0 Å². The second kappa shape index (κ2) is 2.87. The van der Waals surface area contributed by atoms with Crippen molar-refractivity contribution in [2.45, 2.75) is 44.9 Å². The van der Waals surface area contributed by atoms with Crippen LogP contribution >= 0.6 is 0 Å². The molecule has 3 aliphatic rings. The predicted molar refractivity (Wildman–Crippen MR) is 55.5 cm³/mol. The number of hydrogen-bond acceptors (Lipinski definition) is 0. The van der Waals surface area contributed by atoms with E-state index in [2.05, 4.69) is 12.2 Å². The minimum absolute atomic E-state index is 1.28. The maximum absolute atomic E-state index is 2.38. The quantitative estimate of drug-likeness (QED) is 0.486. The second-order valence-corrected chi connectivity index (χ2v) is 4.48. The first-order valence-electron chi connectivity index (χ1n) is 5.51. The van der Waals surface area contributed by atoms with Crippen molar-refractivity contribution in [3.63, 3.8) is 0 Å². The maximum atomic E-state index is 2.38. The van der Waals surface area contributed by atoms with E-state index in [1.54, 1.807) is 22.3 Å². The van der Waals surface area contributed by atoms with Gasteiger partial charge in [0.2, 0.25) is 0 Å². The molecule has 0 aliphatic heterocycles. The summed E-state index contributed by atoms with van der Waals surface area (Å²) >= 11 is 0. The monoisotopic (exact) mass is 172 g/mol. The molecule has 0 saturated heterocycles. The summed E-state index contributed by atoms with van der Waals surface area (Å²) in [5.41, 5.74) is 6.99. The Kier molecular flexibility index (Phi) is 1.68. The standard InChI is InChI=1S/C13H16/c1-2-5-11-9-13-7-3-6-12(13)8-10(11)4-1/h1,4H,2-3,5-9H2. The Bertz CT molecular complexity index is 326. The van der Waals surface area contributed by atoms with Crippen LogP contribution in [0.2, 0.25) is 0 Å². The van der Waals surface area contributed by atoms with Crippen molar-refractivity contribution in [2.75, 3.05) is 0 Å². The molecule has 0 atom stereocenters. The lowest BCUT2D eigenvalue weighted by Crippen LogP contribution is -2.03. The molecule has 0 aromatic heterocycles. The van der Waals surface area contributed by atoms with Gasteiger partial charge in [0.25, 0.3) is 0 Å². The van der Waals surface area contributed by atoms with Crippen LogP contribution in [0.3, 0.4) is 0 Å². The molecule has 0 radical (unpaired) electrons. The lowest BCUT2D eigenvalue weighted by Gasteiger charge is -2.23. The molecule has 0 spiro atoms. The fourth-order valence-electron chi connectivity index (χ4n) is 2.93. The third-order valence-corrected chi connectivity index (χ3v) is 3.67. The molecule has 0 bridgehead atoms. The largest absolute Gasteiger partial charge is 0.0839 e. The van der Waals surface area contributed by atoms with Crippen LogP contribution in [0.15, 0.2) is 34.4 Å². The molecule has 0 nitrogen and oxygen atoms in total. The highest BCUT2D eigenvalue weighted by atomic mass is 14.3. The zero-order valence-electron chi connectivity index (χ0n) is 8.10. The van der Waals surface area contributed by atoms with Crippen molar-refractivity contribution in [1.82, 2.24) is 0 Å². The second-order valence-electron chi connectivity index (χ2n) is 4.48. The highest BCUT2D eigenvalue weighted by Gasteiger charge is 2.23. The molecule has 0 heterocycles. The molecule has 13 heavy (non-hydrogen) atoms. The van der Waals surface area contributed by atoms with E-state index in [0.717, 1.165) is 0 Å². The van der Waals surface area contributed by atoms with Gasteiger partial charge in [-0.1, -0.05) is 28.9 Å². The SMILES string of the molecule is C1=CC2=C(CC1)CC1=C(CCC1)C2. The van der Waals surface area contributed by atoms with Crippen molar-refractivity contribution < 1.29 is 0 Å². The normalized spacial score (nSPS) is 26.5. The van der Waals surface area contributed by atoms with E-state index in [1.165, 1.54) is 44.9 Å². The fourth-order valence-corrected chi connectivity index (χ4v) is 2.93. The van der Waals surface area contributed by atoms with Crippen LogP contribution in [-0.2, 0) is 0 Å². The van der Waals surface area contributed by atoms with Gasteiger partial charge in [0.15, 0.2) is 0 Å². The van der Waals surface area contributed by atoms with Crippen molar-refractivity contribution in [3.8, 4) is 0 Å². The van der Waals surface area contributed by atoms with Crippen LogP contribution in [0.5, 0.6) is 0 Å². The molecule has 0 aromatic rings. The zero-order chi connectivity index (χ0) is 8.67. The van der Waals surface area contributed by atoms with Crippen LogP contribution in [0.25, 0.3) is 0 Å². The van der Waals surface area contributed by atoms with Gasteiger partial charge in [0.1, 0.15) is 0 Å². The third-order valence-electron chi connectivity index (χ3n) is 3.67. The zero-order valence-corrected chi connectivity index (χ0v) is 8.10. The Labute approximate surface area is 80.0 Å². The Hall–Kier alpha value is -0.780. The van der Waals surface area contributed by atoms with Gasteiger partial charge in [0.05, 0.1) is 0 Å². The molecule has 3 rings (SSSR count). The Morgan fingerprint density at radius 2 is 1.69 bits per heavy atom. The van der Waals surface area contributed by atoms with Crippen molar-refractivity contribution >= 4 is 0 Å². The van der Waals surface area contributed by atoms with Gasteiger partial charge in [0, 0.05) is 0 Å². The van der Waals surface area contributed by atoms with Crippen LogP contribution in [0.4, 0.5) is 0 Å². The summed E-state index contributed by atoms with van der Waals surface area (Å²) in [6.07, 6.45) is 14.2. The van der Waals surface area contributed by atoms with Gasteiger partial charge in [-0.25, -0.2) is 0 Å². The fraction of sp³-hybridized carbons (Fsp3) is 0.538. The van der Waals surface area contributed by atoms with E-state index in [-0.39, 0.29) is 0 Å². The van der Waals surface area contributed by atoms with E-state index in [4.69, 9.17) is 0 Å². The predicted octanol–water partition coefficient (Wildman–Crippen LogP) is 3.91. The van der Waals surface area contributed by atoms with E-state index in [1.807, 2.05) is 0 Å². The number of hydrogen-bond donors (Lipinski definition) is 0. The minimum atomic E-state index is 1.28. The topological polar surface area (TPSA) is 0 Å². The van der Waals surface area contributed by atoms with Gasteiger partial charge < -0.3 is 0 Å². The summed E-state index contributed by atoms with van der Waals surface area (Å²) in [7, 11) is 0. The van der Waals surface area contributed by atoms with Gasteiger partial charge in [-0.15, -0.1) is 0 Å². The molecular weight excluding hydrogens is 156 g/mol. The van der Waals surface area contributed by atoms with Crippen LogP contribution in [0.1, 0.15) is 44.9 Å². The first kappa shape index (κ1) is 7.61. The van der Waals surface area contributed by atoms with Gasteiger partial charge in [-0.3, -0.25) is 0 Å². The lowest BCUT2D eigenvalue weighted by molar-refractivity contribution is 0.827. The first-order chi connectivity index (χ1) is 6.43. The molecule has 0 saturated carbocycles. The van der Waals surface area contributed by atoms with Crippen molar-refractivity contribution in [3.05, 3.63) is 34.4 Å². The Morgan fingerprint density at radius 3 is 2.62 bits per heavy atom. The summed E-state index contributed by atoms with van der Waals surface area (Å²) < 4.78 is 0. The molecular formula is C13H16. The highest BCUT2D eigenvalue weighted by Crippen LogP contribution is 2.42. The van der Waals surface area contributed by atoms with Gasteiger partial charge in [-0.05, 0) is 50.5 Å². The van der Waals surface area contributed by atoms with E-state index in [9.17, 15) is 0 Å². The maximum Gasteiger partial charge on any atom is -0.00648 e. The molecule has 0 fully saturated rings. The lowest BCUT2D eigenvalue weighted by atomic mass is 9.83. The Morgan fingerprint density at radius 1 is 0.846 bits per heavy atom. The molecule has 0 unspecified atom stereocenters.